The predicted octanol–water partition coefficient (Wildman–Crippen LogP) is 9.10. The molecule has 9 heteroatoms. The summed E-state index contributed by atoms with van der Waals surface area (Å²) in [6.07, 6.45) is 0.713. The summed E-state index contributed by atoms with van der Waals surface area (Å²) < 4.78 is 13.5. The lowest BCUT2D eigenvalue weighted by Gasteiger charge is -2.38. The van der Waals surface area contributed by atoms with Gasteiger partial charge >= 0.3 is 0 Å². The summed E-state index contributed by atoms with van der Waals surface area (Å²) in [4.78, 5) is 27.4. The molecule has 0 aromatic heterocycles. The molecule has 1 saturated heterocycles. The molecule has 2 amide bonds. The molecule has 1 aliphatic rings. The Morgan fingerprint density at radius 1 is 0.644 bits per heavy atom. The number of rotatable bonds is 17. The van der Waals surface area contributed by atoms with Gasteiger partial charge in [-0.2, -0.15) is 0 Å². The number of aliphatic hydroxyl groups is 1. The van der Waals surface area contributed by atoms with E-state index in [2.05, 4.69) is 100 Å². The van der Waals surface area contributed by atoms with Crippen molar-refractivity contribution in [2.45, 2.75) is 70.4 Å². The number of amides is 2. The average Bonchev–Trinajstić information content (AvgIpc) is 3.27. The monoisotopic (exact) mass is 788 g/mol. The van der Waals surface area contributed by atoms with Crippen LogP contribution in [-0.4, -0.2) is 34.5 Å². The number of anilines is 2. The third-order valence-corrected chi connectivity index (χ3v) is 10.6. The van der Waals surface area contributed by atoms with Crippen LogP contribution in [0.3, 0.4) is 0 Å². The zero-order valence-corrected chi connectivity index (χ0v) is 33.2. The Morgan fingerprint density at radius 2 is 1.27 bits per heavy atom. The molecule has 1 heterocycles. The number of ether oxygens (including phenoxy) is 2. The SMILES string of the molecule is Nc1ccccc1NC(=O)CCCC(=O)NCc1cccc(-c2ccc([C@H]3O[C@@H](CN(Cc4ccccc4)Cc4ccccc4)C[C@@H](c4ccc(CO)cc4)O3)cc2)c1. The molecule has 0 spiro atoms. The van der Waals surface area contributed by atoms with Gasteiger partial charge in [-0.05, 0) is 63.6 Å². The Hall–Kier alpha value is -6.10. The van der Waals surface area contributed by atoms with Crippen molar-refractivity contribution in [3.8, 4) is 11.1 Å². The topological polar surface area (TPSA) is 126 Å². The number of hydrogen-bond acceptors (Lipinski definition) is 7. The number of benzene rings is 6. The van der Waals surface area contributed by atoms with Crippen LogP contribution in [0.1, 0.15) is 71.5 Å². The van der Waals surface area contributed by atoms with Gasteiger partial charge < -0.3 is 30.9 Å². The lowest BCUT2D eigenvalue weighted by atomic mass is 9.98. The second-order valence-electron chi connectivity index (χ2n) is 15.1. The van der Waals surface area contributed by atoms with E-state index >= 15 is 0 Å². The van der Waals surface area contributed by atoms with Crippen LogP contribution in [0, 0.1) is 0 Å². The molecule has 0 aliphatic carbocycles. The Balaban J connectivity index is 0.994. The number of aliphatic hydroxyl groups excluding tert-OH is 1. The number of nitrogens with two attached hydrogens (primary N) is 1. The maximum atomic E-state index is 12.6. The molecule has 5 N–H and O–H groups in total. The number of nitrogens with one attached hydrogen (secondary N) is 2. The Morgan fingerprint density at radius 3 is 1.95 bits per heavy atom. The molecular weight excluding hydrogens is 737 g/mol. The molecule has 6 aromatic carbocycles. The highest BCUT2D eigenvalue weighted by Gasteiger charge is 2.33. The van der Waals surface area contributed by atoms with Crippen LogP contribution in [0.5, 0.6) is 0 Å². The van der Waals surface area contributed by atoms with Crippen molar-refractivity contribution >= 4 is 23.2 Å². The van der Waals surface area contributed by atoms with E-state index in [-0.39, 0.29) is 43.5 Å². The highest BCUT2D eigenvalue weighted by atomic mass is 16.7. The molecule has 6 aromatic rings. The van der Waals surface area contributed by atoms with Gasteiger partial charge in [0.25, 0.3) is 0 Å². The average molecular weight is 789 g/mol. The van der Waals surface area contributed by atoms with Gasteiger partial charge in [0.1, 0.15) is 0 Å². The lowest BCUT2D eigenvalue weighted by Crippen LogP contribution is -2.39. The van der Waals surface area contributed by atoms with Crippen LogP contribution < -0.4 is 16.4 Å². The van der Waals surface area contributed by atoms with Gasteiger partial charge in [-0.1, -0.05) is 140 Å². The summed E-state index contributed by atoms with van der Waals surface area (Å²) in [6.45, 7) is 2.67. The maximum Gasteiger partial charge on any atom is 0.224 e. The molecule has 302 valence electrons. The molecule has 0 saturated carbocycles. The summed E-state index contributed by atoms with van der Waals surface area (Å²) in [5.74, 6) is -0.281. The van der Waals surface area contributed by atoms with Gasteiger partial charge in [0.15, 0.2) is 6.29 Å². The Bertz CT molecular complexity index is 2210. The van der Waals surface area contributed by atoms with Gasteiger partial charge in [0, 0.05) is 51.0 Å². The number of nitrogens with zero attached hydrogens (tertiary/aromatic N) is 1. The maximum absolute atomic E-state index is 12.6. The van der Waals surface area contributed by atoms with E-state index in [9.17, 15) is 14.7 Å². The van der Waals surface area contributed by atoms with Gasteiger partial charge in [-0.15, -0.1) is 0 Å². The van der Waals surface area contributed by atoms with Crippen LogP contribution in [0.25, 0.3) is 11.1 Å². The summed E-state index contributed by atoms with van der Waals surface area (Å²) in [6, 6.07) is 52.6. The highest BCUT2D eigenvalue weighted by molar-refractivity contribution is 5.94. The standard InChI is InChI=1S/C50H52N4O5/c51-45-17-7-8-18-46(45)53-49(57)20-10-19-48(56)52-31-39-15-9-16-43(29-39)40-25-27-42(28-26-40)50-58-44(30-47(59-50)41-23-21-38(35-55)22-24-41)34-54(32-36-11-3-1-4-12-36)33-37-13-5-2-6-14-37/h1-9,11-18,21-29,44,47,50,55H,10,19-20,30-35,51H2,(H,52,56)(H,53,57)/t44-,47+,50+/m1/s1. The van der Waals surface area contributed by atoms with E-state index < -0.39 is 6.29 Å². The first-order valence-corrected chi connectivity index (χ1v) is 20.3. The minimum Gasteiger partial charge on any atom is -0.397 e. The van der Waals surface area contributed by atoms with Crippen molar-refractivity contribution in [2.75, 3.05) is 17.6 Å². The zero-order chi connectivity index (χ0) is 40.8. The number of carbonyl (C=O) groups excluding carboxylic acids is 2. The molecule has 3 atom stereocenters. The highest BCUT2D eigenvalue weighted by Crippen LogP contribution is 2.39. The predicted molar refractivity (Wildman–Crippen MR) is 232 cm³/mol. The van der Waals surface area contributed by atoms with Crippen molar-refractivity contribution in [1.29, 1.82) is 0 Å². The fraction of sp³-hybridized carbons (Fsp3) is 0.240. The smallest absolute Gasteiger partial charge is 0.224 e. The molecule has 59 heavy (non-hydrogen) atoms. The first-order chi connectivity index (χ1) is 28.9. The molecule has 0 bridgehead atoms. The summed E-state index contributed by atoms with van der Waals surface area (Å²) in [7, 11) is 0. The lowest BCUT2D eigenvalue weighted by molar-refractivity contribution is -0.253. The summed E-state index contributed by atoms with van der Waals surface area (Å²) in [5, 5.41) is 15.5. The third kappa shape index (κ3) is 12.0. The molecule has 0 radical (unpaired) electrons. The van der Waals surface area contributed by atoms with E-state index in [0.29, 0.717) is 30.8 Å². The van der Waals surface area contributed by atoms with E-state index in [4.69, 9.17) is 15.2 Å². The Kier molecular flexibility index (Phi) is 14.3. The van der Waals surface area contributed by atoms with Crippen molar-refractivity contribution in [2.24, 2.45) is 0 Å². The minimum atomic E-state index is -0.579. The largest absolute Gasteiger partial charge is 0.397 e. The number of nitrogen functional groups attached to an aromatic ring is 1. The van der Waals surface area contributed by atoms with Crippen LogP contribution >= 0.6 is 0 Å². The third-order valence-electron chi connectivity index (χ3n) is 10.6. The van der Waals surface area contributed by atoms with Crippen LogP contribution in [-0.2, 0) is 45.3 Å². The van der Waals surface area contributed by atoms with Gasteiger partial charge in [0.2, 0.25) is 11.8 Å². The van der Waals surface area contributed by atoms with Crippen LogP contribution in [0.15, 0.2) is 158 Å². The van der Waals surface area contributed by atoms with Crippen molar-refractivity contribution in [3.05, 3.63) is 191 Å². The normalized spacial score (nSPS) is 16.4. The van der Waals surface area contributed by atoms with E-state index in [1.807, 2.05) is 60.7 Å². The number of carbonyl (C=O) groups is 2. The number of hydrogen-bond donors (Lipinski definition) is 4. The Labute approximate surface area is 346 Å². The van der Waals surface area contributed by atoms with E-state index in [1.165, 1.54) is 11.1 Å². The van der Waals surface area contributed by atoms with E-state index in [0.717, 1.165) is 53.0 Å². The molecule has 7 rings (SSSR count). The first kappa shape index (κ1) is 41.1. The minimum absolute atomic E-state index is 0.00796. The first-order valence-electron chi connectivity index (χ1n) is 20.3. The molecule has 0 unspecified atom stereocenters. The van der Waals surface area contributed by atoms with Gasteiger partial charge in [-0.25, -0.2) is 0 Å². The van der Waals surface area contributed by atoms with E-state index in [1.54, 1.807) is 12.1 Å². The van der Waals surface area contributed by atoms with Crippen molar-refractivity contribution in [1.82, 2.24) is 10.2 Å². The second-order valence-corrected chi connectivity index (χ2v) is 15.1. The fourth-order valence-electron chi connectivity index (χ4n) is 7.40. The molecule has 9 nitrogen and oxygen atoms in total. The number of para-hydroxylation sites is 2. The molecule has 1 aliphatic heterocycles. The van der Waals surface area contributed by atoms with Crippen molar-refractivity contribution in [3.63, 3.8) is 0 Å². The van der Waals surface area contributed by atoms with Gasteiger partial charge in [-0.3, -0.25) is 14.5 Å². The van der Waals surface area contributed by atoms with Gasteiger partial charge in [0.05, 0.1) is 30.2 Å². The van der Waals surface area contributed by atoms with Crippen LogP contribution in [0.2, 0.25) is 0 Å². The second kappa shape index (κ2) is 20.5. The quantitative estimate of drug-likeness (QED) is 0.0680. The van der Waals surface area contributed by atoms with Crippen LogP contribution in [0.4, 0.5) is 11.4 Å². The summed E-state index contributed by atoms with van der Waals surface area (Å²) in [5.41, 5.74) is 15.4. The summed E-state index contributed by atoms with van der Waals surface area (Å²) >= 11 is 0. The zero-order valence-electron chi connectivity index (χ0n) is 33.2. The molecular formula is C50H52N4O5. The molecule has 1 fully saturated rings. The fourth-order valence-corrected chi connectivity index (χ4v) is 7.40. The van der Waals surface area contributed by atoms with Crippen molar-refractivity contribution < 1.29 is 24.2 Å².